The molecule has 0 N–H and O–H groups in total. The summed E-state index contributed by atoms with van der Waals surface area (Å²) in [6.45, 7) is 0. The normalized spacial score (nSPS) is 15.3. The number of hydrogen-bond acceptors (Lipinski definition) is 3. The molecule has 0 heterocycles. The maximum atomic E-state index is 15.9. The van der Waals surface area contributed by atoms with Crippen LogP contribution in [0.15, 0.2) is 237 Å². The van der Waals surface area contributed by atoms with Gasteiger partial charge in [0.25, 0.3) is 0 Å². The van der Waals surface area contributed by atoms with Crippen molar-refractivity contribution < 1.29 is 13.7 Å². The molecule has 0 aromatic heterocycles. The third-order valence-corrected chi connectivity index (χ3v) is 22.1. The lowest BCUT2D eigenvalue weighted by atomic mass is 9.61. The maximum Gasteiger partial charge on any atom is 0.171 e. The van der Waals surface area contributed by atoms with E-state index in [1.807, 2.05) is 182 Å². The van der Waals surface area contributed by atoms with Crippen LogP contribution in [0.3, 0.4) is 0 Å². The summed E-state index contributed by atoms with van der Waals surface area (Å²) in [6, 6.07) is 78.2. The summed E-state index contributed by atoms with van der Waals surface area (Å²) in [5.41, 5.74) is 6.69. The van der Waals surface area contributed by atoms with Crippen LogP contribution in [-0.4, -0.2) is 0 Å². The monoisotopic (exact) mass is 854 g/mol. The van der Waals surface area contributed by atoms with E-state index in [-0.39, 0.29) is 11.8 Å². The highest BCUT2D eigenvalue weighted by atomic mass is 31.2. The van der Waals surface area contributed by atoms with Crippen LogP contribution in [0.2, 0.25) is 0 Å². The first kappa shape index (κ1) is 38.6. The zero-order valence-corrected chi connectivity index (χ0v) is 36.4. The molecule has 3 aliphatic rings. The van der Waals surface area contributed by atoms with Gasteiger partial charge >= 0.3 is 0 Å². The van der Waals surface area contributed by atoms with Crippen LogP contribution in [0.5, 0.6) is 0 Å². The van der Waals surface area contributed by atoms with Gasteiger partial charge in [-0.3, -0.25) is 0 Å². The molecule has 0 saturated carbocycles. The smallest absolute Gasteiger partial charge is 0.171 e. The van der Waals surface area contributed by atoms with E-state index >= 15 is 13.7 Å². The first-order valence-corrected chi connectivity index (χ1v) is 26.1. The lowest BCUT2D eigenvalue weighted by Crippen LogP contribution is -2.34. The predicted molar refractivity (Wildman–Crippen MR) is 259 cm³/mol. The van der Waals surface area contributed by atoms with E-state index in [4.69, 9.17) is 0 Å². The highest BCUT2D eigenvalue weighted by Crippen LogP contribution is 2.58. The largest absolute Gasteiger partial charge is 0.309 e. The summed E-state index contributed by atoms with van der Waals surface area (Å²) >= 11 is 0. The molecule has 0 atom stereocenters. The van der Waals surface area contributed by atoms with Gasteiger partial charge in [0.15, 0.2) is 21.4 Å². The summed E-state index contributed by atoms with van der Waals surface area (Å²) in [4.78, 5) is 0. The van der Waals surface area contributed by atoms with Gasteiger partial charge < -0.3 is 13.7 Å². The van der Waals surface area contributed by atoms with Crippen LogP contribution < -0.4 is 47.7 Å². The van der Waals surface area contributed by atoms with Crippen LogP contribution in [0, 0.1) is 0 Å². The van der Waals surface area contributed by atoms with Gasteiger partial charge in [0.2, 0.25) is 0 Å². The molecule has 9 aromatic rings. The van der Waals surface area contributed by atoms with Gasteiger partial charge in [0, 0.05) is 59.6 Å². The topological polar surface area (TPSA) is 51.2 Å². The highest BCUT2D eigenvalue weighted by Gasteiger charge is 2.45. The second-order valence-electron chi connectivity index (χ2n) is 16.1. The standard InChI is InChI=1S/C56H41O3P3/c57-60(40-19-7-1-8-20-40,41-21-9-2-10-22-41)46-33-36-51-52(37-46)55-49-34-31-47(61(58,42-23-11-3-12-24-42)43-25-13-4-14-26-43)38-53(49)56(51)54-39-48(32-35-50(54)55)62(59,44-27-15-5-16-28-44)45-29-17-6-18-30-45/h1-39,55-56H. The molecule has 9 aromatic carbocycles. The molecular weight excluding hydrogens is 814 g/mol. The van der Waals surface area contributed by atoms with E-state index in [0.29, 0.717) is 0 Å². The van der Waals surface area contributed by atoms with E-state index < -0.39 is 21.4 Å². The summed E-state index contributed by atoms with van der Waals surface area (Å²) in [5, 5.41) is 7.03. The van der Waals surface area contributed by atoms with Gasteiger partial charge in [-0.05, 0) is 51.6 Å². The second kappa shape index (κ2) is 15.2. The molecule has 3 aliphatic carbocycles. The molecule has 0 radical (unpaired) electrons. The Labute approximate surface area is 362 Å². The molecule has 0 aliphatic heterocycles. The van der Waals surface area contributed by atoms with Gasteiger partial charge in [0.05, 0.1) is 0 Å². The molecule has 298 valence electrons. The second-order valence-corrected chi connectivity index (χ2v) is 24.5. The van der Waals surface area contributed by atoms with Crippen LogP contribution in [-0.2, 0) is 13.7 Å². The average molecular weight is 855 g/mol. The fraction of sp³-hybridized carbons (Fsp3) is 0.0357. The fourth-order valence-corrected chi connectivity index (χ4v) is 18.0. The fourth-order valence-electron chi connectivity index (χ4n) is 9.99. The molecule has 0 unspecified atom stereocenters. The Hall–Kier alpha value is -6.33. The summed E-state index contributed by atoms with van der Waals surface area (Å²) in [7, 11) is -9.90. The van der Waals surface area contributed by atoms with Crippen molar-refractivity contribution in [2.75, 3.05) is 0 Å². The van der Waals surface area contributed by atoms with E-state index in [9.17, 15) is 0 Å². The summed E-state index contributed by atoms with van der Waals surface area (Å²) < 4.78 is 47.5. The van der Waals surface area contributed by atoms with Crippen molar-refractivity contribution >= 4 is 69.2 Å². The van der Waals surface area contributed by atoms with Crippen molar-refractivity contribution in [2.45, 2.75) is 11.8 Å². The van der Waals surface area contributed by atoms with Crippen molar-refractivity contribution in [3.63, 3.8) is 0 Å². The van der Waals surface area contributed by atoms with Gasteiger partial charge in [-0.25, -0.2) is 0 Å². The average Bonchev–Trinajstić information content (AvgIpc) is 3.36. The Morgan fingerprint density at radius 3 is 0.613 bits per heavy atom. The zero-order valence-electron chi connectivity index (χ0n) is 33.7. The number of benzene rings is 9. The highest BCUT2D eigenvalue weighted by molar-refractivity contribution is 7.86. The number of rotatable bonds is 9. The van der Waals surface area contributed by atoms with Gasteiger partial charge in [-0.2, -0.15) is 0 Å². The van der Waals surface area contributed by atoms with Crippen molar-refractivity contribution in [1.29, 1.82) is 0 Å². The van der Waals surface area contributed by atoms with Crippen LogP contribution in [0.4, 0.5) is 0 Å². The number of hydrogen-bond donors (Lipinski definition) is 0. The third-order valence-electron chi connectivity index (χ3n) is 12.9. The molecule has 0 amide bonds. The minimum atomic E-state index is -3.31. The van der Waals surface area contributed by atoms with E-state index in [1.165, 1.54) is 0 Å². The first-order chi connectivity index (χ1) is 30.4. The van der Waals surface area contributed by atoms with Crippen molar-refractivity contribution in [1.82, 2.24) is 0 Å². The van der Waals surface area contributed by atoms with Crippen molar-refractivity contribution in [2.24, 2.45) is 0 Å². The molecule has 0 spiro atoms. The van der Waals surface area contributed by atoms with E-state index in [2.05, 4.69) is 54.6 Å². The van der Waals surface area contributed by atoms with Crippen LogP contribution >= 0.6 is 21.4 Å². The molecule has 12 rings (SSSR count). The molecule has 62 heavy (non-hydrogen) atoms. The maximum absolute atomic E-state index is 15.9. The minimum absolute atomic E-state index is 0.205. The summed E-state index contributed by atoms with van der Waals surface area (Å²) in [5.74, 6) is -0.467. The minimum Gasteiger partial charge on any atom is -0.309 e. The molecular formula is C56H41O3P3. The Kier molecular flexibility index (Phi) is 9.48. The zero-order chi connectivity index (χ0) is 41.9. The van der Waals surface area contributed by atoms with Gasteiger partial charge in [-0.15, -0.1) is 0 Å². The molecule has 2 bridgehead atoms. The van der Waals surface area contributed by atoms with E-state index in [0.717, 1.165) is 81.1 Å². The predicted octanol–water partition coefficient (Wildman–Crippen LogP) is 9.59. The van der Waals surface area contributed by atoms with Crippen molar-refractivity contribution in [3.8, 4) is 0 Å². The van der Waals surface area contributed by atoms with E-state index in [1.54, 1.807) is 0 Å². The first-order valence-electron chi connectivity index (χ1n) is 21.0. The molecule has 0 saturated heterocycles. The molecule has 3 nitrogen and oxygen atoms in total. The van der Waals surface area contributed by atoms with Crippen molar-refractivity contribution in [3.05, 3.63) is 270 Å². The molecule has 6 heteroatoms. The molecule has 0 fully saturated rings. The quantitative estimate of drug-likeness (QED) is 0.136. The Bertz CT molecular complexity index is 2990. The lowest BCUT2D eigenvalue weighted by molar-refractivity contribution is 0.591. The Morgan fingerprint density at radius 2 is 0.403 bits per heavy atom. The summed E-state index contributed by atoms with van der Waals surface area (Å²) in [6.07, 6.45) is 0. The van der Waals surface area contributed by atoms with Crippen LogP contribution in [0.1, 0.15) is 45.2 Å². The SMILES string of the molecule is O=P(c1ccccc1)(c1ccccc1)c1ccc2c(c1)C1c3ccc(P(=O)(c4ccccc4)c4ccccc4)cc3C2c2cc(P(=O)(c3ccccc3)c3ccccc3)ccc21. The Balaban J connectivity index is 1.15. The van der Waals surface area contributed by atoms with Gasteiger partial charge in [0.1, 0.15) is 0 Å². The van der Waals surface area contributed by atoms with Gasteiger partial charge in [-0.1, -0.05) is 218 Å². The Morgan fingerprint density at radius 1 is 0.210 bits per heavy atom. The van der Waals surface area contributed by atoms with Crippen LogP contribution in [0.25, 0.3) is 0 Å². The lowest BCUT2D eigenvalue weighted by Gasteiger charge is -2.43. The third kappa shape index (κ3) is 5.91.